The van der Waals surface area contributed by atoms with Crippen molar-refractivity contribution < 1.29 is 28.2 Å². The van der Waals surface area contributed by atoms with Crippen molar-refractivity contribution in [2.45, 2.75) is 5.22 Å². The molecule has 10 heteroatoms. The summed E-state index contributed by atoms with van der Waals surface area (Å²) in [6, 6.07) is 8.49. The summed E-state index contributed by atoms with van der Waals surface area (Å²) < 4.78 is 21.6. The summed E-state index contributed by atoms with van der Waals surface area (Å²) in [5, 5.41) is 19.4. The second-order valence-electron chi connectivity index (χ2n) is 5.94. The molecular formula is C19H18N3O6S-. The first-order chi connectivity index (χ1) is 13.9. The minimum atomic E-state index is -1.39. The molecule has 0 aliphatic carbocycles. The second-order valence-corrected chi connectivity index (χ2v) is 6.94. The molecule has 0 bridgehead atoms. The van der Waals surface area contributed by atoms with Gasteiger partial charge in [0.15, 0.2) is 5.88 Å². The van der Waals surface area contributed by atoms with Gasteiger partial charge in [0.2, 0.25) is 5.89 Å². The first-order valence-electron chi connectivity index (χ1n) is 8.34. The van der Waals surface area contributed by atoms with E-state index >= 15 is 0 Å². The van der Waals surface area contributed by atoms with E-state index < -0.39 is 5.97 Å². The quantitative estimate of drug-likeness (QED) is 0.400. The van der Waals surface area contributed by atoms with Gasteiger partial charge in [-0.2, -0.15) is 0 Å². The van der Waals surface area contributed by atoms with Gasteiger partial charge in [0.05, 0.1) is 20.2 Å². The average molecular weight is 416 g/mol. The molecule has 0 fully saturated rings. The summed E-state index contributed by atoms with van der Waals surface area (Å²) in [7, 11) is 6.68. The summed E-state index contributed by atoms with van der Waals surface area (Å²) >= 11 is 0.767. The number of hydrogen-bond acceptors (Lipinski definition) is 10. The van der Waals surface area contributed by atoms with Crippen molar-refractivity contribution in [2.24, 2.45) is 0 Å². The van der Waals surface area contributed by atoms with Gasteiger partial charge < -0.3 is 33.1 Å². The van der Waals surface area contributed by atoms with E-state index in [0.29, 0.717) is 28.7 Å². The van der Waals surface area contributed by atoms with Crippen molar-refractivity contribution in [1.29, 1.82) is 0 Å². The van der Waals surface area contributed by atoms with Gasteiger partial charge >= 0.3 is 0 Å². The molecule has 0 saturated carbocycles. The molecule has 0 amide bonds. The monoisotopic (exact) mass is 416 g/mol. The fourth-order valence-corrected chi connectivity index (χ4v) is 2.96. The smallest absolute Gasteiger partial charge is 0.281 e. The van der Waals surface area contributed by atoms with E-state index in [1.54, 1.807) is 35.2 Å². The van der Waals surface area contributed by atoms with Crippen LogP contribution in [0.25, 0.3) is 17.5 Å². The third-order valence-electron chi connectivity index (χ3n) is 3.73. The van der Waals surface area contributed by atoms with Crippen LogP contribution < -0.4 is 19.5 Å². The number of ether oxygens (including phenoxy) is 2. The zero-order valence-electron chi connectivity index (χ0n) is 16.2. The molecule has 3 aromatic rings. The number of nitrogens with zero attached hydrogens (tertiary/aromatic N) is 3. The minimum absolute atomic E-state index is 0.0385. The van der Waals surface area contributed by atoms with Crippen LogP contribution in [-0.2, 0) is 4.79 Å². The lowest BCUT2D eigenvalue weighted by Crippen LogP contribution is -2.22. The zero-order valence-corrected chi connectivity index (χ0v) is 17.0. The number of carbonyl (C=O) groups is 1. The van der Waals surface area contributed by atoms with Crippen molar-refractivity contribution in [3.8, 4) is 23.0 Å². The standard InChI is InChI=1S/C19H19N3O6S/c1-22(2)16-6-5-12(27-16)10-15(18(23)24)29-19-21-20-17(28-19)11-7-13(25-3)9-14(8-11)26-4/h5-10H,1-4H3,(H,23,24)/p-1/b15-10+. The molecule has 152 valence electrons. The highest BCUT2D eigenvalue weighted by molar-refractivity contribution is 8.03. The van der Waals surface area contributed by atoms with Crippen LogP contribution in [0.1, 0.15) is 5.76 Å². The van der Waals surface area contributed by atoms with E-state index in [-0.39, 0.29) is 16.0 Å². The number of hydrogen-bond donors (Lipinski definition) is 0. The van der Waals surface area contributed by atoms with Gasteiger partial charge in [-0.25, -0.2) is 0 Å². The van der Waals surface area contributed by atoms with Gasteiger partial charge in [-0.3, -0.25) is 0 Å². The summed E-state index contributed by atoms with van der Waals surface area (Å²) in [5.41, 5.74) is 0.571. The number of thioether (sulfide) groups is 1. The molecule has 0 aliphatic rings. The van der Waals surface area contributed by atoms with Gasteiger partial charge in [-0.05, 0) is 36.0 Å². The molecule has 0 aliphatic heterocycles. The third-order valence-corrected chi connectivity index (χ3v) is 4.57. The van der Waals surface area contributed by atoms with Gasteiger partial charge in [-0.1, -0.05) is 0 Å². The minimum Gasteiger partial charge on any atom is -0.544 e. The van der Waals surface area contributed by atoms with Crippen LogP contribution in [-0.4, -0.2) is 44.5 Å². The Balaban J connectivity index is 1.85. The molecule has 29 heavy (non-hydrogen) atoms. The average Bonchev–Trinajstić information content (AvgIpc) is 3.36. The number of furan rings is 1. The number of anilines is 1. The predicted molar refractivity (Wildman–Crippen MR) is 105 cm³/mol. The molecule has 0 saturated heterocycles. The Hall–Kier alpha value is -3.40. The van der Waals surface area contributed by atoms with Crippen LogP contribution in [0, 0.1) is 0 Å². The molecule has 2 aromatic heterocycles. The zero-order chi connectivity index (χ0) is 21.0. The van der Waals surface area contributed by atoms with Gasteiger partial charge in [-0.15, -0.1) is 10.2 Å². The number of benzene rings is 1. The number of carbonyl (C=O) groups excluding carboxylic acids is 1. The number of rotatable bonds is 8. The van der Waals surface area contributed by atoms with Crippen LogP contribution in [0.2, 0.25) is 0 Å². The molecule has 0 unspecified atom stereocenters. The maximum Gasteiger partial charge on any atom is 0.281 e. The number of carboxylic acids is 1. The lowest BCUT2D eigenvalue weighted by molar-refractivity contribution is -0.298. The van der Waals surface area contributed by atoms with Crippen molar-refractivity contribution >= 4 is 29.7 Å². The van der Waals surface area contributed by atoms with Crippen molar-refractivity contribution in [3.63, 3.8) is 0 Å². The fraction of sp³-hybridized carbons (Fsp3) is 0.211. The van der Waals surface area contributed by atoms with Crippen LogP contribution >= 0.6 is 11.8 Å². The second kappa shape index (κ2) is 8.74. The molecule has 0 radical (unpaired) electrons. The topological polar surface area (TPSA) is 114 Å². The Morgan fingerprint density at radius 1 is 1.10 bits per heavy atom. The first kappa shape index (κ1) is 20.3. The Morgan fingerprint density at radius 3 is 2.34 bits per heavy atom. The third kappa shape index (κ3) is 4.91. The van der Waals surface area contributed by atoms with E-state index in [1.165, 1.54) is 20.3 Å². The van der Waals surface area contributed by atoms with Gasteiger partial charge in [0, 0.05) is 36.7 Å². The number of methoxy groups -OCH3 is 2. The molecule has 0 atom stereocenters. The normalized spacial score (nSPS) is 11.4. The molecule has 1 aromatic carbocycles. The Kier molecular flexibility index (Phi) is 6.13. The van der Waals surface area contributed by atoms with Crippen molar-refractivity contribution in [2.75, 3.05) is 33.2 Å². The molecular weight excluding hydrogens is 398 g/mol. The molecule has 9 nitrogen and oxygen atoms in total. The van der Waals surface area contributed by atoms with Crippen LogP contribution in [0.15, 0.2) is 49.3 Å². The summed E-state index contributed by atoms with van der Waals surface area (Å²) in [6.07, 6.45) is 1.34. The van der Waals surface area contributed by atoms with Gasteiger partial charge in [0.25, 0.3) is 5.22 Å². The molecule has 2 heterocycles. The lowest BCUT2D eigenvalue weighted by Gasteiger charge is -2.07. The lowest BCUT2D eigenvalue weighted by atomic mass is 10.2. The van der Waals surface area contributed by atoms with E-state index in [1.807, 2.05) is 14.1 Å². The summed E-state index contributed by atoms with van der Waals surface area (Å²) in [4.78, 5) is 13.1. The van der Waals surface area contributed by atoms with Crippen LogP contribution in [0.4, 0.5) is 5.88 Å². The Labute approximate surface area is 170 Å². The molecule has 3 rings (SSSR count). The Morgan fingerprint density at radius 2 is 1.79 bits per heavy atom. The first-order valence-corrected chi connectivity index (χ1v) is 9.16. The highest BCUT2D eigenvalue weighted by Gasteiger charge is 2.15. The molecule has 0 spiro atoms. The van der Waals surface area contributed by atoms with E-state index in [4.69, 9.17) is 18.3 Å². The summed E-state index contributed by atoms with van der Waals surface area (Å²) in [5.74, 6) is 0.854. The highest BCUT2D eigenvalue weighted by Crippen LogP contribution is 2.33. The SMILES string of the molecule is COc1cc(OC)cc(-c2nnc(S/C(=C/c3ccc(N(C)C)o3)C(=O)[O-])o2)c1. The number of aromatic nitrogens is 2. The fourth-order valence-electron chi connectivity index (χ4n) is 2.31. The van der Waals surface area contributed by atoms with E-state index in [0.717, 1.165) is 11.8 Å². The Bertz CT molecular complexity index is 1020. The summed E-state index contributed by atoms with van der Waals surface area (Å²) in [6.45, 7) is 0. The van der Waals surface area contributed by atoms with Crippen molar-refractivity contribution in [1.82, 2.24) is 10.2 Å². The van der Waals surface area contributed by atoms with Crippen molar-refractivity contribution in [3.05, 3.63) is 41.0 Å². The largest absolute Gasteiger partial charge is 0.544 e. The van der Waals surface area contributed by atoms with Crippen LogP contribution in [0.5, 0.6) is 11.5 Å². The molecule has 0 N–H and O–H groups in total. The highest BCUT2D eigenvalue weighted by atomic mass is 32.2. The van der Waals surface area contributed by atoms with E-state index in [9.17, 15) is 9.90 Å². The number of aliphatic carboxylic acids is 1. The maximum absolute atomic E-state index is 11.5. The van der Waals surface area contributed by atoms with Gasteiger partial charge in [0.1, 0.15) is 17.3 Å². The maximum atomic E-state index is 11.5. The predicted octanol–water partition coefficient (Wildman–Crippen LogP) is 2.30. The van der Waals surface area contributed by atoms with E-state index in [2.05, 4.69) is 10.2 Å². The van der Waals surface area contributed by atoms with Crippen LogP contribution in [0.3, 0.4) is 0 Å². The number of carboxylic acid groups (broad SMARTS) is 1.